The fraction of sp³-hybridized carbons (Fsp3) is 0.381. The lowest BCUT2D eigenvalue weighted by molar-refractivity contribution is 0.0697. The zero-order chi connectivity index (χ0) is 20.5. The molecule has 2 aromatic rings. The van der Waals surface area contributed by atoms with Gasteiger partial charge in [-0.1, -0.05) is 18.5 Å². The molecule has 0 radical (unpaired) electrons. The number of aryl methyl sites for hydroxylation is 1. The number of sulfonamides is 1. The zero-order valence-corrected chi connectivity index (χ0v) is 17.9. The Morgan fingerprint density at radius 3 is 2.29 bits per heavy atom. The van der Waals surface area contributed by atoms with Gasteiger partial charge in [0.05, 0.1) is 10.6 Å². The minimum atomic E-state index is -3.71. The fourth-order valence-corrected chi connectivity index (χ4v) is 4.82. The molecule has 1 saturated heterocycles. The minimum absolute atomic E-state index is 0.00441. The van der Waals surface area contributed by atoms with Crippen molar-refractivity contribution in [2.75, 3.05) is 24.4 Å². The van der Waals surface area contributed by atoms with Crippen LogP contribution in [0, 0.1) is 12.8 Å². The summed E-state index contributed by atoms with van der Waals surface area (Å²) in [5.41, 5.74) is 1.86. The van der Waals surface area contributed by atoms with Crippen molar-refractivity contribution < 1.29 is 13.2 Å². The third-order valence-corrected chi connectivity index (χ3v) is 7.36. The Hall–Kier alpha value is -2.05. The molecule has 1 fully saturated rings. The molecule has 5 nitrogen and oxygen atoms in total. The van der Waals surface area contributed by atoms with Crippen molar-refractivity contribution in [2.45, 2.75) is 31.6 Å². The molecule has 7 heteroatoms. The molecule has 28 heavy (non-hydrogen) atoms. The molecule has 0 spiro atoms. The van der Waals surface area contributed by atoms with Crippen LogP contribution in [0.25, 0.3) is 0 Å². The van der Waals surface area contributed by atoms with E-state index >= 15 is 0 Å². The molecule has 0 N–H and O–H groups in total. The molecule has 1 aliphatic rings. The number of benzene rings is 2. The maximum atomic E-state index is 12.9. The summed E-state index contributed by atoms with van der Waals surface area (Å²) >= 11 is 5.86. The summed E-state index contributed by atoms with van der Waals surface area (Å²) in [5, 5.41) is 0.479. The highest BCUT2D eigenvalue weighted by Crippen LogP contribution is 2.28. The van der Waals surface area contributed by atoms with Crippen LogP contribution in [-0.4, -0.2) is 39.4 Å². The normalized spacial score (nSPS) is 15.5. The van der Waals surface area contributed by atoms with E-state index in [1.807, 2.05) is 11.8 Å². The molecule has 3 rings (SSSR count). The van der Waals surface area contributed by atoms with Crippen molar-refractivity contribution in [3.8, 4) is 0 Å². The Morgan fingerprint density at radius 1 is 1.11 bits per heavy atom. The summed E-state index contributed by atoms with van der Waals surface area (Å²) in [4.78, 5) is 14.8. The van der Waals surface area contributed by atoms with Crippen molar-refractivity contribution in [3.05, 3.63) is 58.6 Å². The standard InChI is InChI=1S/C21H25ClN2O3S/c1-15-10-12-24(13-11-15)21(25)17-4-9-20(16(2)14-17)23(3)28(26,27)19-7-5-18(22)6-8-19/h4-9,14-15H,10-13H2,1-3H3. The summed E-state index contributed by atoms with van der Waals surface area (Å²) < 4.78 is 27.0. The van der Waals surface area contributed by atoms with Crippen LogP contribution in [0.4, 0.5) is 5.69 Å². The van der Waals surface area contributed by atoms with Crippen molar-refractivity contribution >= 4 is 33.2 Å². The topological polar surface area (TPSA) is 57.7 Å². The second-order valence-electron chi connectivity index (χ2n) is 7.40. The highest BCUT2D eigenvalue weighted by atomic mass is 35.5. The van der Waals surface area contributed by atoms with Gasteiger partial charge in [0.15, 0.2) is 0 Å². The number of carbonyl (C=O) groups is 1. The quantitative estimate of drug-likeness (QED) is 0.738. The first-order chi connectivity index (χ1) is 13.2. The van der Waals surface area contributed by atoms with Crippen molar-refractivity contribution in [3.63, 3.8) is 0 Å². The number of halogens is 1. The molecule has 0 aromatic heterocycles. The van der Waals surface area contributed by atoms with Gasteiger partial charge < -0.3 is 4.90 Å². The van der Waals surface area contributed by atoms with Crippen LogP contribution in [0.3, 0.4) is 0 Å². The lowest BCUT2D eigenvalue weighted by Crippen LogP contribution is -2.38. The molecule has 0 unspecified atom stereocenters. The average molecular weight is 421 g/mol. The monoisotopic (exact) mass is 420 g/mol. The third kappa shape index (κ3) is 4.18. The van der Waals surface area contributed by atoms with Gasteiger partial charge in [0.25, 0.3) is 15.9 Å². The summed E-state index contributed by atoms with van der Waals surface area (Å²) in [6.07, 6.45) is 2.04. The maximum absolute atomic E-state index is 12.9. The van der Waals surface area contributed by atoms with Gasteiger partial charge in [-0.05, 0) is 73.7 Å². The van der Waals surface area contributed by atoms with E-state index in [0.29, 0.717) is 22.2 Å². The van der Waals surface area contributed by atoms with Crippen LogP contribution in [0.15, 0.2) is 47.4 Å². The summed E-state index contributed by atoms with van der Waals surface area (Å²) in [6, 6.07) is 11.2. The van der Waals surface area contributed by atoms with Gasteiger partial charge in [0.2, 0.25) is 0 Å². The van der Waals surface area contributed by atoms with Gasteiger partial charge in [0, 0.05) is 30.7 Å². The van der Waals surface area contributed by atoms with Crippen LogP contribution in [0.5, 0.6) is 0 Å². The smallest absolute Gasteiger partial charge is 0.264 e. The number of amides is 1. The maximum Gasteiger partial charge on any atom is 0.264 e. The first-order valence-corrected chi connectivity index (χ1v) is 11.2. The second kappa shape index (κ2) is 8.13. The first kappa shape index (κ1) is 20.7. The Balaban J connectivity index is 1.83. The van der Waals surface area contributed by atoms with Gasteiger partial charge in [-0.25, -0.2) is 8.42 Å². The van der Waals surface area contributed by atoms with E-state index < -0.39 is 10.0 Å². The fourth-order valence-electron chi connectivity index (χ4n) is 3.43. The number of rotatable bonds is 4. The van der Waals surface area contributed by atoms with Crippen LogP contribution in [0.1, 0.15) is 35.7 Å². The zero-order valence-electron chi connectivity index (χ0n) is 16.4. The first-order valence-electron chi connectivity index (χ1n) is 9.34. The summed E-state index contributed by atoms with van der Waals surface area (Å²) in [7, 11) is -2.20. The predicted octanol–water partition coefficient (Wildman–Crippen LogP) is 4.35. The molecule has 1 heterocycles. The van der Waals surface area contributed by atoms with E-state index in [9.17, 15) is 13.2 Å². The molecular formula is C21H25ClN2O3S. The molecule has 0 bridgehead atoms. The molecule has 0 atom stereocenters. The Kier molecular flexibility index (Phi) is 6.01. The Labute approximate surface area is 172 Å². The molecule has 150 valence electrons. The number of likely N-dealkylation sites (tertiary alicyclic amines) is 1. The number of hydrogen-bond donors (Lipinski definition) is 0. The molecule has 2 aromatic carbocycles. The van der Waals surface area contributed by atoms with Gasteiger partial charge in [-0.15, -0.1) is 0 Å². The average Bonchev–Trinajstić information content (AvgIpc) is 2.67. The van der Waals surface area contributed by atoms with Crippen LogP contribution in [-0.2, 0) is 10.0 Å². The van der Waals surface area contributed by atoms with E-state index in [0.717, 1.165) is 31.5 Å². The van der Waals surface area contributed by atoms with E-state index in [4.69, 9.17) is 11.6 Å². The highest BCUT2D eigenvalue weighted by Gasteiger charge is 2.25. The SMILES string of the molecule is Cc1cc(C(=O)N2CCC(C)CC2)ccc1N(C)S(=O)(=O)c1ccc(Cl)cc1. The molecule has 0 aliphatic carbocycles. The number of piperidine rings is 1. The summed E-state index contributed by atoms with van der Waals surface area (Å²) in [5.74, 6) is 0.657. The predicted molar refractivity (Wildman–Crippen MR) is 113 cm³/mol. The van der Waals surface area contributed by atoms with Crippen LogP contribution < -0.4 is 4.31 Å². The highest BCUT2D eigenvalue weighted by molar-refractivity contribution is 7.92. The Morgan fingerprint density at radius 2 is 1.71 bits per heavy atom. The molecule has 1 amide bonds. The van der Waals surface area contributed by atoms with Crippen LogP contribution >= 0.6 is 11.6 Å². The second-order valence-corrected chi connectivity index (χ2v) is 9.81. The van der Waals surface area contributed by atoms with E-state index in [1.54, 1.807) is 30.3 Å². The summed E-state index contributed by atoms with van der Waals surface area (Å²) in [6.45, 7) is 5.56. The van der Waals surface area contributed by atoms with Crippen LogP contribution in [0.2, 0.25) is 5.02 Å². The number of hydrogen-bond acceptors (Lipinski definition) is 3. The van der Waals surface area contributed by atoms with Gasteiger partial charge in [-0.2, -0.15) is 0 Å². The minimum Gasteiger partial charge on any atom is -0.339 e. The van der Waals surface area contributed by atoms with Crippen molar-refractivity contribution in [1.29, 1.82) is 0 Å². The molecular weight excluding hydrogens is 396 g/mol. The number of carbonyl (C=O) groups excluding carboxylic acids is 1. The van der Waals surface area contributed by atoms with Gasteiger partial charge >= 0.3 is 0 Å². The van der Waals surface area contributed by atoms with E-state index in [1.165, 1.54) is 23.5 Å². The van der Waals surface area contributed by atoms with E-state index in [2.05, 4.69) is 6.92 Å². The number of anilines is 1. The van der Waals surface area contributed by atoms with Crippen molar-refractivity contribution in [2.24, 2.45) is 5.92 Å². The largest absolute Gasteiger partial charge is 0.339 e. The van der Waals surface area contributed by atoms with E-state index in [-0.39, 0.29) is 10.8 Å². The van der Waals surface area contributed by atoms with Crippen molar-refractivity contribution in [1.82, 2.24) is 4.90 Å². The molecule has 1 aliphatic heterocycles. The molecule has 0 saturated carbocycles. The number of nitrogens with zero attached hydrogens (tertiary/aromatic N) is 2. The van der Waals surface area contributed by atoms with Gasteiger partial charge in [-0.3, -0.25) is 9.10 Å². The Bertz CT molecular complexity index is 966. The van der Waals surface area contributed by atoms with Gasteiger partial charge in [0.1, 0.15) is 0 Å². The lowest BCUT2D eigenvalue weighted by atomic mass is 9.98. The third-order valence-electron chi connectivity index (χ3n) is 5.33. The lowest BCUT2D eigenvalue weighted by Gasteiger charge is -2.30.